The summed E-state index contributed by atoms with van der Waals surface area (Å²) < 4.78 is 5.08. The third-order valence-corrected chi connectivity index (χ3v) is 4.84. The first-order valence-corrected chi connectivity index (χ1v) is 9.35. The fraction of sp³-hybridized carbons (Fsp3) is 0.318. The lowest BCUT2D eigenvalue weighted by atomic mass is 10.1. The van der Waals surface area contributed by atoms with Crippen molar-refractivity contribution in [3.63, 3.8) is 0 Å². The zero-order valence-corrected chi connectivity index (χ0v) is 16.3. The number of carbonyl (C=O) groups is 3. The van der Waals surface area contributed by atoms with Crippen LogP contribution in [0.5, 0.6) is 0 Å². The zero-order valence-electron chi connectivity index (χ0n) is 16.3. The van der Waals surface area contributed by atoms with Gasteiger partial charge in [-0.2, -0.15) is 0 Å². The van der Waals surface area contributed by atoms with Crippen molar-refractivity contribution in [3.8, 4) is 0 Å². The van der Waals surface area contributed by atoms with E-state index >= 15 is 0 Å². The molecule has 3 rings (SSSR count). The summed E-state index contributed by atoms with van der Waals surface area (Å²) in [7, 11) is 0. The van der Waals surface area contributed by atoms with E-state index in [1.807, 2.05) is 32.0 Å². The second kappa shape index (κ2) is 8.25. The molecule has 0 aliphatic carbocycles. The quantitative estimate of drug-likeness (QED) is 0.806. The van der Waals surface area contributed by atoms with Gasteiger partial charge in [0.15, 0.2) is 0 Å². The molecule has 1 aliphatic rings. The van der Waals surface area contributed by atoms with Gasteiger partial charge in [0, 0.05) is 18.7 Å². The molecule has 0 aromatic heterocycles. The van der Waals surface area contributed by atoms with Gasteiger partial charge in [-0.25, -0.2) is 4.79 Å². The Hall–Kier alpha value is -3.15. The molecule has 1 heterocycles. The van der Waals surface area contributed by atoms with Crippen LogP contribution in [0.25, 0.3) is 0 Å². The van der Waals surface area contributed by atoms with Crippen LogP contribution in [0.3, 0.4) is 0 Å². The minimum atomic E-state index is -0.484. The molecule has 2 aromatic rings. The minimum absolute atomic E-state index is 0.105. The summed E-state index contributed by atoms with van der Waals surface area (Å²) in [5.74, 6) is -1.34. The molecule has 1 fully saturated rings. The summed E-state index contributed by atoms with van der Waals surface area (Å²) in [4.78, 5) is 39.0. The third-order valence-electron chi connectivity index (χ3n) is 4.84. The average Bonchev–Trinajstić information content (AvgIpc) is 3.06. The fourth-order valence-corrected chi connectivity index (χ4v) is 3.31. The van der Waals surface area contributed by atoms with Gasteiger partial charge in [0.2, 0.25) is 11.8 Å². The van der Waals surface area contributed by atoms with Crippen LogP contribution in [0, 0.1) is 19.8 Å². The number of amides is 2. The van der Waals surface area contributed by atoms with E-state index in [9.17, 15) is 14.4 Å². The average molecular weight is 380 g/mol. The molecule has 2 aromatic carbocycles. The van der Waals surface area contributed by atoms with E-state index in [1.54, 1.807) is 31.2 Å². The maximum atomic E-state index is 12.7. The number of benzene rings is 2. The zero-order chi connectivity index (χ0) is 20.3. The van der Waals surface area contributed by atoms with Crippen LogP contribution in [-0.2, 0) is 14.3 Å². The summed E-state index contributed by atoms with van der Waals surface area (Å²) in [6, 6.07) is 12.7. The van der Waals surface area contributed by atoms with Crippen molar-refractivity contribution in [2.24, 2.45) is 5.92 Å². The van der Waals surface area contributed by atoms with Gasteiger partial charge in [-0.15, -0.1) is 0 Å². The van der Waals surface area contributed by atoms with Crippen LogP contribution in [0.4, 0.5) is 11.4 Å². The van der Waals surface area contributed by atoms with E-state index < -0.39 is 11.9 Å². The SMILES string of the molecule is CCOC(=O)c1ccccc1N1CC(C(=O)Nc2cc(C)ccc2C)CC1=O. The molecule has 0 radical (unpaired) electrons. The van der Waals surface area contributed by atoms with E-state index in [-0.39, 0.29) is 31.4 Å². The van der Waals surface area contributed by atoms with Gasteiger partial charge in [0.25, 0.3) is 0 Å². The van der Waals surface area contributed by atoms with Gasteiger partial charge in [0.05, 0.1) is 23.8 Å². The predicted molar refractivity (Wildman–Crippen MR) is 107 cm³/mol. The highest BCUT2D eigenvalue weighted by molar-refractivity contribution is 6.07. The third kappa shape index (κ3) is 4.06. The molecule has 1 N–H and O–H groups in total. The predicted octanol–water partition coefficient (Wildman–Crippen LogP) is 3.47. The number of nitrogens with zero attached hydrogens (tertiary/aromatic N) is 1. The molecular formula is C22H24N2O4. The van der Waals surface area contributed by atoms with E-state index in [0.29, 0.717) is 11.3 Å². The lowest BCUT2D eigenvalue weighted by Crippen LogP contribution is -2.29. The number of ether oxygens (including phenoxy) is 1. The monoisotopic (exact) mass is 380 g/mol. The van der Waals surface area contributed by atoms with Gasteiger partial charge in [0.1, 0.15) is 0 Å². The van der Waals surface area contributed by atoms with Crippen molar-refractivity contribution in [2.75, 3.05) is 23.4 Å². The van der Waals surface area contributed by atoms with Crippen molar-refractivity contribution >= 4 is 29.2 Å². The Balaban J connectivity index is 1.78. The van der Waals surface area contributed by atoms with Crippen LogP contribution in [0.1, 0.15) is 34.8 Å². The highest BCUT2D eigenvalue weighted by atomic mass is 16.5. The molecule has 1 atom stereocenters. The van der Waals surface area contributed by atoms with Gasteiger partial charge in [-0.05, 0) is 50.1 Å². The summed E-state index contributed by atoms with van der Waals surface area (Å²) in [5.41, 5.74) is 3.57. The van der Waals surface area contributed by atoms with Crippen LogP contribution >= 0.6 is 0 Å². The Morgan fingerprint density at radius 2 is 1.93 bits per heavy atom. The maximum absolute atomic E-state index is 12.7. The first-order valence-electron chi connectivity index (χ1n) is 9.35. The number of aryl methyl sites for hydroxylation is 2. The Bertz CT molecular complexity index is 923. The first kappa shape index (κ1) is 19.6. The maximum Gasteiger partial charge on any atom is 0.340 e. The van der Waals surface area contributed by atoms with Crippen LogP contribution < -0.4 is 10.2 Å². The van der Waals surface area contributed by atoms with Gasteiger partial charge in [-0.3, -0.25) is 9.59 Å². The molecule has 1 unspecified atom stereocenters. The molecule has 0 saturated carbocycles. The largest absolute Gasteiger partial charge is 0.462 e. The van der Waals surface area contributed by atoms with E-state index in [1.165, 1.54) is 4.90 Å². The molecule has 6 nitrogen and oxygen atoms in total. The van der Waals surface area contributed by atoms with Gasteiger partial charge in [-0.1, -0.05) is 24.3 Å². The Morgan fingerprint density at radius 1 is 1.18 bits per heavy atom. The normalized spacial score (nSPS) is 16.2. The van der Waals surface area contributed by atoms with E-state index in [4.69, 9.17) is 4.74 Å². The summed E-state index contributed by atoms with van der Waals surface area (Å²) in [6.07, 6.45) is 0.105. The molecule has 1 aliphatic heterocycles. The number of anilines is 2. The van der Waals surface area contributed by atoms with Crippen molar-refractivity contribution in [3.05, 3.63) is 59.2 Å². The van der Waals surface area contributed by atoms with Crippen molar-refractivity contribution < 1.29 is 19.1 Å². The lowest BCUT2D eigenvalue weighted by molar-refractivity contribution is -0.122. The fourth-order valence-electron chi connectivity index (χ4n) is 3.31. The van der Waals surface area contributed by atoms with Gasteiger partial charge >= 0.3 is 5.97 Å². The Kier molecular flexibility index (Phi) is 5.78. The second-order valence-corrected chi connectivity index (χ2v) is 6.95. The summed E-state index contributed by atoms with van der Waals surface area (Å²) >= 11 is 0. The summed E-state index contributed by atoms with van der Waals surface area (Å²) in [5, 5.41) is 2.93. The molecule has 1 saturated heterocycles. The number of rotatable bonds is 5. The number of hydrogen-bond acceptors (Lipinski definition) is 4. The second-order valence-electron chi connectivity index (χ2n) is 6.95. The molecule has 28 heavy (non-hydrogen) atoms. The topological polar surface area (TPSA) is 75.7 Å². The molecule has 6 heteroatoms. The van der Waals surface area contributed by atoms with Crippen LogP contribution in [-0.4, -0.2) is 30.9 Å². The molecule has 2 amide bonds. The van der Waals surface area contributed by atoms with Gasteiger partial charge < -0.3 is 15.0 Å². The number of para-hydroxylation sites is 1. The molecular weight excluding hydrogens is 356 g/mol. The molecule has 0 spiro atoms. The van der Waals surface area contributed by atoms with Crippen molar-refractivity contribution in [1.82, 2.24) is 0 Å². The standard InChI is InChI=1S/C22H24N2O4/c1-4-28-22(27)17-7-5-6-8-19(17)24-13-16(12-20(24)25)21(26)23-18-11-14(2)9-10-15(18)3/h5-11,16H,4,12-13H2,1-3H3,(H,23,26). The minimum Gasteiger partial charge on any atom is -0.462 e. The highest BCUT2D eigenvalue weighted by Gasteiger charge is 2.36. The first-order chi connectivity index (χ1) is 13.4. The lowest BCUT2D eigenvalue weighted by Gasteiger charge is -2.19. The number of esters is 1. The van der Waals surface area contributed by atoms with Crippen molar-refractivity contribution in [1.29, 1.82) is 0 Å². The molecule has 146 valence electrons. The number of hydrogen-bond donors (Lipinski definition) is 1. The van der Waals surface area contributed by atoms with Crippen molar-refractivity contribution in [2.45, 2.75) is 27.2 Å². The number of carbonyl (C=O) groups excluding carboxylic acids is 3. The van der Waals surface area contributed by atoms with E-state index in [0.717, 1.165) is 16.8 Å². The summed E-state index contributed by atoms with van der Waals surface area (Å²) in [6.45, 7) is 6.10. The van der Waals surface area contributed by atoms with E-state index in [2.05, 4.69) is 5.32 Å². The smallest absolute Gasteiger partial charge is 0.340 e. The number of nitrogens with one attached hydrogen (secondary N) is 1. The highest BCUT2D eigenvalue weighted by Crippen LogP contribution is 2.29. The molecule has 0 bridgehead atoms. The van der Waals surface area contributed by atoms with Crippen LogP contribution in [0.15, 0.2) is 42.5 Å². The van der Waals surface area contributed by atoms with Crippen LogP contribution in [0.2, 0.25) is 0 Å². The Morgan fingerprint density at radius 3 is 2.68 bits per heavy atom. The Labute approximate surface area is 164 Å².